The summed E-state index contributed by atoms with van der Waals surface area (Å²) in [5.41, 5.74) is -2.46. The molecular formula is C24H20N4O3. The zero-order chi connectivity index (χ0) is 22.3. The van der Waals surface area contributed by atoms with E-state index in [9.17, 15) is 15.8 Å². The molecule has 154 valence electrons. The Hall–Kier alpha value is -3.86. The maximum Gasteiger partial charge on any atom is 0.218 e. The molecule has 1 N–H and O–H groups in total. The van der Waals surface area contributed by atoms with E-state index in [2.05, 4.69) is 18.2 Å². The molecule has 0 amide bonds. The molecule has 0 aliphatic carbocycles. The highest BCUT2D eigenvalue weighted by molar-refractivity contribution is 5.90. The molecule has 4 unspecified atom stereocenters. The topological polar surface area (TPSA) is 123 Å². The molecule has 2 bridgehead atoms. The van der Waals surface area contributed by atoms with E-state index < -0.39 is 34.5 Å². The van der Waals surface area contributed by atoms with Crippen LogP contribution in [0.25, 0.3) is 0 Å². The number of hydrogen-bond donors (Lipinski definition) is 1. The van der Waals surface area contributed by atoms with Crippen LogP contribution in [0.1, 0.15) is 24.0 Å². The lowest BCUT2D eigenvalue weighted by molar-refractivity contribution is -0.250. The van der Waals surface area contributed by atoms with Crippen LogP contribution in [-0.2, 0) is 15.9 Å². The lowest BCUT2D eigenvalue weighted by atomic mass is 9.52. The Bertz CT molecular complexity index is 1150. The van der Waals surface area contributed by atoms with Gasteiger partial charge in [-0.15, -0.1) is 0 Å². The smallest absolute Gasteiger partial charge is 0.218 e. The number of ether oxygens (including phenoxy) is 3. The molecule has 2 aromatic carbocycles. The average Bonchev–Trinajstić information content (AvgIpc) is 2.97. The molecule has 31 heavy (non-hydrogen) atoms. The van der Waals surface area contributed by atoms with Gasteiger partial charge in [0.25, 0.3) is 0 Å². The van der Waals surface area contributed by atoms with Gasteiger partial charge in [0, 0.05) is 18.9 Å². The van der Waals surface area contributed by atoms with E-state index in [1.54, 1.807) is 31.2 Å². The van der Waals surface area contributed by atoms with Gasteiger partial charge in [-0.05, 0) is 11.6 Å². The van der Waals surface area contributed by atoms with Crippen LogP contribution in [0.2, 0.25) is 0 Å². The predicted octanol–water partition coefficient (Wildman–Crippen LogP) is 3.69. The first-order valence-corrected chi connectivity index (χ1v) is 9.79. The minimum absolute atomic E-state index is 0.219. The van der Waals surface area contributed by atoms with Gasteiger partial charge in [0.15, 0.2) is 10.8 Å². The lowest BCUT2D eigenvalue weighted by Crippen LogP contribution is -2.61. The van der Waals surface area contributed by atoms with E-state index in [1.165, 1.54) is 7.11 Å². The van der Waals surface area contributed by atoms with Crippen LogP contribution in [-0.4, -0.2) is 24.9 Å². The summed E-state index contributed by atoms with van der Waals surface area (Å²) >= 11 is 0. The fourth-order valence-corrected chi connectivity index (χ4v) is 4.98. The third-order valence-corrected chi connectivity index (χ3v) is 6.34. The quantitative estimate of drug-likeness (QED) is 0.817. The van der Waals surface area contributed by atoms with Crippen molar-refractivity contribution in [3.63, 3.8) is 0 Å². The van der Waals surface area contributed by atoms with Gasteiger partial charge in [0.05, 0.1) is 31.2 Å². The molecule has 2 aliphatic heterocycles. The molecule has 0 saturated carbocycles. The van der Waals surface area contributed by atoms with Crippen molar-refractivity contribution in [2.45, 2.75) is 31.2 Å². The molecule has 2 fully saturated rings. The second kappa shape index (κ2) is 7.13. The summed E-state index contributed by atoms with van der Waals surface area (Å²) in [6, 6.07) is 22.6. The first-order chi connectivity index (χ1) is 14.9. The van der Waals surface area contributed by atoms with Crippen LogP contribution in [0.3, 0.4) is 0 Å². The van der Waals surface area contributed by atoms with Crippen LogP contribution < -0.4 is 4.74 Å². The number of rotatable bonds is 4. The van der Waals surface area contributed by atoms with Crippen LogP contribution >= 0.6 is 0 Å². The van der Waals surface area contributed by atoms with E-state index in [1.807, 2.05) is 30.3 Å². The van der Waals surface area contributed by atoms with Gasteiger partial charge in [-0.3, -0.25) is 5.41 Å². The molecular weight excluding hydrogens is 392 g/mol. The van der Waals surface area contributed by atoms with Gasteiger partial charge in [0.2, 0.25) is 11.7 Å². The van der Waals surface area contributed by atoms with E-state index in [0.717, 1.165) is 5.56 Å². The van der Waals surface area contributed by atoms with Crippen molar-refractivity contribution in [2.24, 2.45) is 10.8 Å². The Kier molecular flexibility index (Phi) is 4.69. The fourth-order valence-electron chi connectivity index (χ4n) is 4.98. The summed E-state index contributed by atoms with van der Waals surface area (Å²) in [6.07, 6.45) is -0.764. The number of methoxy groups -OCH3 is 1. The minimum Gasteiger partial charge on any atom is -0.496 e. The van der Waals surface area contributed by atoms with Crippen molar-refractivity contribution >= 4 is 5.90 Å². The van der Waals surface area contributed by atoms with Crippen molar-refractivity contribution in [2.75, 3.05) is 7.11 Å². The monoisotopic (exact) mass is 412 g/mol. The number of nitrogens with zero attached hydrogens (tertiary/aromatic N) is 3. The molecule has 4 rings (SSSR count). The summed E-state index contributed by atoms with van der Waals surface area (Å²) in [6.45, 7) is 1.65. The van der Waals surface area contributed by atoms with Crippen molar-refractivity contribution in [1.29, 1.82) is 21.2 Å². The first kappa shape index (κ1) is 20.4. The van der Waals surface area contributed by atoms with E-state index in [4.69, 9.17) is 19.6 Å². The SMILES string of the molecule is COc1ccccc1C1C2(C)OC(=N)C1(C#N)C(C#N)(C#N)C(Cc1ccccc1)O2. The second-order valence-corrected chi connectivity index (χ2v) is 7.87. The number of nitrogens with one attached hydrogen (secondary N) is 1. The number of para-hydroxylation sites is 1. The Balaban J connectivity index is 1.97. The molecule has 7 heteroatoms. The molecule has 2 saturated heterocycles. The van der Waals surface area contributed by atoms with Crippen molar-refractivity contribution in [1.82, 2.24) is 0 Å². The van der Waals surface area contributed by atoms with Crippen LogP contribution in [0.15, 0.2) is 54.6 Å². The summed E-state index contributed by atoms with van der Waals surface area (Å²) in [5.74, 6) is -2.32. The third-order valence-electron chi connectivity index (χ3n) is 6.34. The van der Waals surface area contributed by atoms with Crippen molar-refractivity contribution in [3.05, 3.63) is 65.7 Å². The molecule has 7 nitrogen and oxygen atoms in total. The molecule has 2 heterocycles. The Labute approximate surface area is 180 Å². The van der Waals surface area contributed by atoms with E-state index in [-0.39, 0.29) is 6.42 Å². The summed E-state index contributed by atoms with van der Waals surface area (Å²) in [5, 5.41) is 39.7. The summed E-state index contributed by atoms with van der Waals surface area (Å²) in [4.78, 5) is 0. The predicted molar refractivity (Wildman–Crippen MR) is 110 cm³/mol. The maximum atomic E-state index is 10.5. The summed E-state index contributed by atoms with van der Waals surface area (Å²) in [7, 11) is 1.50. The zero-order valence-electron chi connectivity index (χ0n) is 17.1. The van der Waals surface area contributed by atoms with Crippen LogP contribution in [0.5, 0.6) is 5.75 Å². The molecule has 2 aromatic rings. The Morgan fingerprint density at radius 3 is 2.26 bits per heavy atom. The molecule has 4 atom stereocenters. The van der Waals surface area contributed by atoms with Gasteiger partial charge < -0.3 is 14.2 Å². The normalized spacial score (nSPS) is 30.4. The maximum absolute atomic E-state index is 10.5. The average molecular weight is 412 g/mol. The second-order valence-electron chi connectivity index (χ2n) is 7.87. The minimum atomic E-state index is -1.98. The van der Waals surface area contributed by atoms with E-state index in [0.29, 0.717) is 11.3 Å². The highest BCUT2D eigenvalue weighted by Crippen LogP contribution is 2.67. The van der Waals surface area contributed by atoms with Crippen molar-refractivity contribution < 1.29 is 14.2 Å². The number of nitriles is 3. The van der Waals surface area contributed by atoms with Gasteiger partial charge >= 0.3 is 0 Å². The third kappa shape index (κ3) is 2.56. The largest absolute Gasteiger partial charge is 0.496 e. The molecule has 0 radical (unpaired) electrons. The van der Waals surface area contributed by atoms with Crippen LogP contribution in [0, 0.1) is 50.2 Å². The molecule has 0 spiro atoms. The standard InChI is InChI=1S/C24H20N4O3/c1-22-20(17-10-6-7-11-18(17)29-2)24(15-27,21(28)31-22)23(13-25,14-26)19(30-22)12-16-8-4-3-5-9-16/h3-11,19-20,28H,12H2,1-2H3. The fraction of sp³-hybridized carbons (Fsp3) is 0.333. The zero-order valence-corrected chi connectivity index (χ0v) is 17.1. The highest BCUT2D eigenvalue weighted by atomic mass is 16.7. The van der Waals surface area contributed by atoms with E-state index >= 15 is 0 Å². The lowest BCUT2D eigenvalue weighted by Gasteiger charge is -2.49. The van der Waals surface area contributed by atoms with Gasteiger partial charge in [0.1, 0.15) is 11.9 Å². The van der Waals surface area contributed by atoms with Gasteiger partial charge in [-0.1, -0.05) is 48.5 Å². The number of fused-ring (bicyclic) bond motifs is 2. The Morgan fingerprint density at radius 2 is 1.65 bits per heavy atom. The number of hydrogen-bond acceptors (Lipinski definition) is 7. The Morgan fingerprint density at radius 1 is 1.00 bits per heavy atom. The number of benzene rings is 2. The van der Waals surface area contributed by atoms with Gasteiger partial charge in [-0.25, -0.2) is 0 Å². The van der Waals surface area contributed by atoms with Crippen LogP contribution in [0.4, 0.5) is 0 Å². The van der Waals surface area contributed by atoms with Gasteiger partial charge in [-0.2, -0.15) is 15.8 Å². The van der Waals surface area contributed by atoms with Crippen molar-refractivity contribution in [3.8, 4) is 24.0 Å². The summed E-state index contributed by atoms with van der Waals surface area (Å²) < 4.78 is 17.7. The molecule has 0 aromatic heterocycles. The highest BCUT2D eigenvalue weighted by Gasteiger charge is 2.79. The molecule has 2 aliphatic rings. The first-order valence-electron chi connectivity index (χ1n) is 9.79.